The summed E-state index contributed by atoms with van der Waals surface area (Å²) >= 11 is 0. The van der Waals surface area contributed by atoms with Gasteiger partial charge in [-0.05, 0) is 12.8 Å². The molecule has 82 valence electrons. The van der Waals surface area contributed by atoms with Crippen LogP contribution in [-0.4, -0.2) is 17.8 Å². The Balaban J connectivity index is 3.05. The highest BCUT2D eigenvalue weighted by atomic mass is 16.2. The van der Waals surface area contributed by atoms with Crippen LogP contribution in [0.1, 0.15) is 26.7 Å². The van der Waals surface area contributed by atoms with Crippen molar-refractivity contribution in [2.75, 3.05) is 0 Å². The van der Waals surface area contributed by atoms with Crippen LogP contribution in [-0.2, 0) is 9.59 Å². The summed E-state index contributed by atoms with van der Waals surface area (Å²) in [6.45, 7) is 3.64. The zero-order valence-corrected chi connectivity index (χ0v) is 8.79. The van der Waals surface area contributed by atoms with Gasteiger partial charge in [0.2, 0.25) is 11.8 Å². The topological polar surface area (TPSA) is 75.3 Å². The molecule has 0 aliphatic carbocycles. The first-order chi connectivity index (χ1) is 7.06. The molecular formula is C10H14N2O3. The molecule has 5 nitrogen and oxygen atoms in total. The molecule has 0 unspecified atom stereocenters. The fourth-order valence-corrected chi connectivity index (χ4v) is 1.47. The summed E-state index contributed by atoms with van der Waals surface area (Å²) in [4.78, 5) is 34.1. The Bertz CT molecular complexity index is 314. The monoisotopic (exact) mass is 210 g/mol. The quantitative estimate of drug-likeness (QED) is 0.532. The summed E-state index contributed by atoms with van der Waals surface area (Å²) in [5.74, 6) is -1.10. The van der Waals surface area contributed by atoms with Gasteiger partial charge in [0.15, 0.2) is 0 Å². The summed E-state index contributed by atoms with van der Waals surface area (Å²) < 4.78 is 0. The van der Waals surface area contributed by atoms with Crippen LogP contribution in [0.3, 0.4) is 0 Å². The molecule has 0 radical (unpaired) electrons. The molecule has 2 N–H and O–H groups in total. The third kappa shape index (κ3) is 1.91. The predicted octanol–water partition coefficient (Wildman–Crippen LogP) is 0.715. The lowest BCUT2D eigenvalue weighted by Gasteiger charge is -2.30. The van der Waals surface area contributed by atoms with Gasteiger partial charge in [0.05, 0.1) is 0 Å². The summed E-state index contributed by atoms with van der Waals surface area (Å²) in [5, 5.41) is 4.20. The fraction of sp³-hybridized carbons (Fsp3) is 0.500. The van der Waals surface area contributed by atoms with Crippen molar-refractivity contribution in [2.45, 2.75) is 26.7 Å². The van der Waals surface area contributed by atoms with E-state index in [1.54, 1.807) is 19.1 Å². The first kappa shape index (κ1) is 11.4. The van der Waals surface area contributed by atoms with Crippen molar-refractivity contribution in [3.63, 3.8) is 0 Å². The molecule has 1 fully saturated rings. The van der Waals surface area contributed by atoms with Crippen LogP contribution in [0.5, 0.6) is 0 Å². The van der Waals surface area contributed by atoms with E-state index in [4.69, 9.17) is 0 Å². The third-order valence-corrected chi connectivity index (χ3v) is 2.46. The Labute approximate surface area is 87.9 Å². The minimum absolute atomic E-state index is 0.328. The zero-order valence-electron chi connectivity index (χ0n) is 8.79. The number of allylic oxidation sites excluding steroid dienone is 1. The molecule has 0 aromatic rings. The highest BCUT2D eigenvalue weighted by molar-refractivity contribution is 6.20. The van der Waals surface area contributed by atoms with Crippen LogP contribution < -0.4 is 10.6 Å². The Kier molecular flexibility index (Phi) is 3.24. The van der Waals surface area contributed by atoms with E-state index in [-0.39, 0.29) is 0 Å². The molecule has 5 heteroatoms. The first-order valence-electron chi connectivity index (χ1n) is 4.91. The minimum atomic E-state index is -1.23. The van der Waals surface area contributed by atoms with E-state index in [9.17, 15) is 14.4 Å². The van der Waals surface area contributed by atoms with E-state index in [1.807, 2.05) is 6.92 Å². The molecule has 1 saturated heterocycles. The molecule has 0 aromatic carbocycles. The van der Waals surface area contributed by atoms with Crippen molar-refractivity contribution in [3.8, 4) is 0 Å². The second-order valence-corrected chi connectivity index (χ2v) is 3.37. The van der Waals surface area contributed by atoms with Crippen LogP contribution in [0.2, 0.25) is 0 Å². The standard InChI is InChI=1S/C10H14N2O3/c1-3-5-6-10(4-2)7(13)11-9(15)12-8(10)14/h5-6H,3-4H2,1-2H3,(H2,11,12,13,14,15). The van der Waals surface area contributed by atoms with Gasteiger partial charge in [-0.1, -0.05) is 26.0 Å². The van der Waals surface area contributed by atoms with E-state index >= 15 is 0 Å². The molecule has 1 heterocycles. The maximum Gasteiger partial charge on any atom is 0.328 e. The fourth-order valence-electron chi connectivity index (χ4n) is 1.47. The molecule has 0 spiro atoms. The molecule has 0 saturated carbocycles. The van der Waals surface area contributed by atoms with Crippen LogP contribution in [0.15, 0.2) is 12.2 Å². The lowest BCUT2D eigenvalue weighted by atomic mass is 9.81. The SMILES string of the molecule is CCC=CC1(CC)C(=O)NC(=O)NC1=O. The molecule has 15 heavy (non-hydrogen) atoms. The summed E-state index contributed by atoms with van der Waals surface area (Å²) in [6.07, 6.45) is 4.37. The molecule has 1 rings (SSSR count). The van der Waals surface area contributed by atoms with Crippen molar-refractivity contribution in [3.05, 3.63) is 12.2 Å². The number of nitrogens with one attached hydrogen (secondary N) is 2. The van der Waals surface area contributed by atoms with Gasteiger partial charge in [0.1, 0.15) is 5.41 Å². The second-order valence-electron chi connectivity index (χ2n) is 3.37. The van der Waals surface area contributed by atoms with Gasteiger partial charge in [-0.25, -0.2) is 4.79 Å². The number of barbiturate groups is 1. The molecular weight excluding hydrogens is 196 g/mol. The van der Waals surface area contributed by atoms with Gasteiger partial charge in [-0.3, -0.25) is 20.2 Å². The summed E-state index contributed by atoms with van der Waals surface area (Å²) in [6, 6.07) is -0.751. The second kappa shape index (κ2) is 4.25. The number of urea groups is 1. The van der Waals surface area contributed by atoms with E-state index < -0.39 is 23.3 Å². The molecule has 0 atom stereocenters. The number of imide groups is 2. The first-order valence-corrected chi connectivity index (χ1v) is 4.91. The van der Waals surface area contributed by atoms with Gasteiger partial charge >= 0.3 is 6.03 Å². The largest absolute Gasteiger partial charge is 0.328 e. The molecule has 0 aromatic heterocycles. The van der Waals surface area contributed by atoms with Gasteiger partial charge in [0, 0.05) is 0 Å². The van der Waals surface area contributed by atoms with Crippen LogP contribution >= 0.6 is 0 Å². The normalized spacial score (nSPS) is 20.3. The molecule has 0 bridgehead atoms. The van der Waals surface area contributed by atoms with Crippen molar-refractivity contribution >= 4 is 17.8 Å². The highest BCUT2D eigenvalue weighted by Gasteiger charge is 2.46. The predicted molar refractivity (Wildman–Crippen MR) is 53.8 cm³/mol. The van der Waals surface area contributed by atoms with E-state index in [1.165, 1.54) is 0 Å². The number of amides is 4. The van der Waals surface area contributed by atoms with Crippen molar-refractivity contribution in [2.24, 2.45) is 5.41 Å². The molecule has 1 aliphatic heterocycles. The highest BCUT2D eigenvalue weighted by Crippen LogP contribution is 2.26. The summed E-state index contributed by atoms with van der Waals surface area (Å²) in [5.41, 5.74) is -1.23. The number of carbonyl (C=O) groups excluding carboxylic acids is 3. The Hall–Kier alpha value is -1.65. The number of carbonyl (C=O) groups is 3. The van der Waals surface area contributed by atoms with E-state index in [2.05, 4.69) is 10.6 Å². The summed E-state index contributed by atoms with van der Waals surface area (Å²) in [7, 11) is 0. The average molecular weight is 210 g/mol. The minimum Gasteiger partial charge on any atom is -0.277 e. The maximum atomic E-state index is 11.6. The van der Waals surface area contributed by atoms with Crippen LogP contribution in [0.4, 0.5) is 4.79 Å². The lowest BCUT2D eigenvalue weighted by Crippen LogP contribution is -2.61. The van der Waals surface area contributed by atoms with Gasteiger partial charge in [-0.15, -0.1) is 0 Å². The maximum absolute atomic E-state index is 11.6. The van der Waals surface area contributed by atoms with Crippen molar-refractivity contribution in [1.29, 1.82) is 0 Å². The van der Waals surface area contributed by atoms with Gasteiger partial charge < -0.3 is 0 Å². The van der Waals surface area contributed by atoms with Gasteiger partial charge in [0.25, 0.3) is 0 Å². The third-order valence-electron chi connectivity index (χ3n) is 2.46. The number of hydrogen-bond donors (Lipinski definition) is 2. The van der Waals surface area contributed by atoms with Crippen LogP contribution in [0, 0.1) is 5.41 Å². The Morgan fingerprint density at radius 1 is 1.13 bits per heavy atom. The van der Waals surface area contributed by atoms with Gasteiger partial charge in [-0.2, -0.15) is 0 Å². The average Bonchev–Trinajstić information content (AvgIpc) is 2.17. The molecule has 4 amide bonds. The van der Waals surface area contributed by atoms with Crippen molar-refractivity contribution < 1.29 is 14.4 Å². The van der Waals surface area contributed by atoms with E-state index in [0.717, 1.165) is 6.42 Å². The molecule has 1 aliphatic rings. The Morgan fingerprint density at radius 2 is 1.67 bits per heavy atom. The Morgan fingerprint density at radius 3 is 2.07 bits per heavy atom. The van der Waals surface area contributed by atoms with E-state index in [0.29, 0.717) is 6.42 Å². The number of hydrogen-bond acceptors (Lipinski definition) is 3. The lowest BCUT2D eigenvalue weighted by molar-refractivity contribution is -0.141. The van der Waals surface area contributed by atoms with Crippen molar-refractivity contribution in [1.82, 2.24) is 10.6 Å². The number of rotatable bonds is 3. The smallest absolute Gasteiger partial charge is 0.277 e. The van der Waals surface area contributed by atoms with Crippen LogP contribution in [0.25, 0.3) is 0 Å². The zero-order chi connectivity index (χ0) is 11.5.